The van der Waals surface area contributed by atoms with Gasteiger partial charge >= 0.3 is 27.6 Å². The van der Waals surface area contributed by atoms with Crippen molar-refractivity contribution in [3.63, 3.8) is 0 Å². The Hall–Kier alpha value is -1.91. The molecule has 0 bridgehead atoms. The first-order valence-corrected chi connectivity index (χ1v) is 5.10. The van der Waals surface area contributed by atoms with E-state index in [1.165, 1.54) is 0 Å². The van der Waals surface area contributed by atoms with Crippen molar-refractivity contribution in [1.82, 2.24) is 9.97 Å². The lowest BCUT2D eigenvalue weighted by Crippen LogP contribution is -2.28. The highest BCUT2D eigenvalue weighted by Crippen LogP contribution is 2.25. The van der Waals surface area contributed by atoms with E-state index in [1.54, 1.807) is 0 Å². The zero-order valence-corrected chi connectivity index (χ0v) is 8.49. The molecule has 1 aromatic rings. The molecule has 94 valence electrons. The minimum Gasteiger partial charge on any atom is -0.478 e. The first-order valence-electron chi connectivity index (χ1n) is 3.69. The van der Waals surface area contributed by atoms with Gasteiger partial charge in [0.15, 0.2) is 0 Å². The van der Waals surface area contributed by atoms with Crippen molar-refractivity contribution >= 4 is 16.1 Å². The number of alkyl halides is 3. The number of hydrogen-bond donors (Lipinski definition) is 1. The fourth-order valence-electron chi connectivity index (χ4n) is 0.615. The van der Waals surface area contributed by atoms with E-state index in [9.17, 15) is 26.4 Å². The molecule has 17 heavy (non-hydrogen) atoms. The molecule has 0 aromatic carbocycles. The van der Waals surface area contributed by atoms with Crippen LogP contribution in [0.4, 0.5) is 13.2 Å². The largest absolute Gasteiger partial charge is 0.534 e. The van der Waals surface area contributed by atoms with Crippen molar-refractivity contribution < 1.29 is 35.7 Å². The summed E-state index contributed by atoms with van der Waals surface area (Å²) in [4.78, 5) is 16.3. The number of halogens is 3. The van der Waals surface area contributed by atoms with Crippen molar-refractivity contribution in [3.8, 4) is 6.01 Å². The van der Waals surface area contributed by atoms with Crippen molar-refractivity contribution in [1.29, 1.82) is 0 Å². The minimum absolute atomic E-state index is 0.429. The number of aromatic carboxylic acids is 1. The predicted molar refractivity (Wildman–Crippen MR) is 44.6 cm³/mol. The fourth-order valence-corrected chi connectivity index (χ4v) is 0.992. The van der Waals surface area contributed by atoms with Gasteiger partial charge in [-0.05, 0) is 0 Å². The van der Waals surface area contributed by atoms with E-state index in [0.717, 1.165) is 0 Å². The van der Waals surface area contributed by atoms with E-state index in [1.807, 2.05) is 0 Å². The molecule has 11 heteroatoms. The van der Waals surface area contributed by atoms with Gasteiger partial charge in [0.1, 0.15) is 0 Å². The Bertz CT molecular complexity index is 524. The molecule has 0 aliphatic rings. The van der Waals surface area contributed by atoms with Crippen LogP contribution in [0.5, 0.6) is 6.01 Å². The predicted octanol–water partition coefficient (Wildman–Crippen LogP) is 0.403. The molecular weight excluding hydrogens is 269 g/mol. The molecule has 0 spiro atoms. The molecule has 0 amide bonds. The summed E-state index contributed by atoms with van der Waals surface area (Å²) in [5.74, 6) is -1.42. The molecule has 0 aliphatic heterocycles. The summed E-state index contributed by atoms with van der Waals surface area (Å²) >= 11 is 0. The number of rotatable bonds is 3. The summed E-state index contributed by atoms with van der Waals surface area (Å²) in [6.07, 6.45) is 1.22. The molecular formula is C6H3F3N2O5S. The highest BCUT2D eigenvalue weighted by Gasteiger charge is 2.49. The van der Waals surface area contributed by atoms with Crippen molar-refractivity contribution in [2.45, 2.75) is 5.51 Å². The molecule has 0 unspecified atom stereocenters. The van der Waals surface area contributed by atoms with Gasteiger partial charge in [-0.2, -0.15) is 21.6 Å². The van der Waals surface area contributed by atoms with Gasteiger partial charge in [-0.3, -0.25) is 0 Å². The lowest BCUT2D eigenvalue weighted by Gasteiger charge is -2.07. The number of carboxylic acids is 1. The smallest absolute Gasteiger partial charge is 0.478 e. The van der Waals surface area contributed by atoms with Crippen LogP contribution in [0, 0.1) is 0 Å². The van der Waals surface area contributed by atoms with Crippen LogP contribution in [0.25, 0.3) is 0 Å². The van der Waals surface area contributed by atoms with Gasteiger partial charge in [0.25, 0.3) is 0 Å². The maximum Gasteiger partial charge on any atom is 0.534 e. The van der Waals surface area contributed by atoms with Crippen molar-refractivity contribution in [2.75, 3.05) is 0 Å². The molecule has 0 radical (unpaired) electrons. The number of carbonyl (C=O) groups is 1. The maximum absolute atomic E-state index is 11.9. The second-order valence-corrected chi connectivity index (χ2v) is 4.08. The lowest BCUT2D eigenvalue weighted by atomic mass is 10.4. The third-order valence-electron chi connectivity index (χ3n) is 1.34. The molecule has 0 aliphatic carbocycles. The summed E-state index contributed by atoms with van der Waals surface area (Å²) in [7, 11) is -5.86. The molecule has 1 rings (SSSR count). The Morgan fingerprint density at radius 1 is 1.29 bits per heavy atom. The summed E-state index contributed by atoms with van der Waals surface area (Å²) in [6.45, 7) is 0. The van der Waals surface area contributed by atoms with Crippen molar-refractivity contribution in [2.24, 2.45) is 0 Å². The van der Waals surface area contributed by atoms with Gasteiger partial charge in [0.05, 0.1) is 5.56 Å². The highest BCUT2D eigenvalue weighted by atomic mass is 32.2. The summed E-state index contributed by atoms with van der Waals surface area (Å²) in [6, 6.07) is -1.12. The van der Waals surface area contributed by atoms with Crippen LogP contribution in [0.2, 0.25) is 0 Å². The Morgan fingerprint density at radius 2 is 1.76 bits per heavy atom. The molecule has 0 saturated heterocycles. The quantitative estimate of drug-likeness (QED) is 0.627. The molecule has 1 aromatic heterocycles. The van der Waals surface area contributed by atoms with Crippen LogP contribution in [0.15, 0.2) is 12.4 Å². The van der Waals surface area contributed by atoms with Gasteiger partial charge in [-0.1, -0.05) is 0 Å². The Kier molecular flexibility index (Phi) is 3.22. The van der Waals surface area contributed by atoms with Gasteiger partial charge in [-0.25, -0.2) is 14.8 Å². The SMILES string of the molecule is O=C(O)c1cnc(OS(=O)(=O)C(F)(F)F)nc1. The van der Waals surface area contributed by atoms with E-state index >= 15 is 0 Å². The number of aromatic nitrogens is 2. The van der Waals surface area contributed by atoms with Gasteiger partial charge in [0.2, 0.25) is 0 Å². The molecule has 1 heterocycles. The van der Waals surface area contributed by atoms with E-state index in [-0.39, 0.29) is 0 Å². The first kappa shape index (κ1) is 13.2. The monoisotopic (exact) mass is 272 g/mol. The van der Waals surface area contributed by atoms with E-state index < -0.39 is 33.2 Å². The van der Waals surface area contributed by atoms with Crippen LogP contribution in [-0.2, 0) is 10.1 Å². The van der Waals surface area contributed by atoms with Gasteiger partial charge < -0.3 is 9.29 Å². The van der Waals surface area contributed by atoms with Crippen LogP contribution < -0.4 is 4.18 Å². The van der Waals surface area contributed by atoms with Crippen LogP contribution in [0.3, 0.4) is 0 Å². The average molecular weight is 272 g/mol. The van der Waals surface area contributed by atoms with Crippen molar-refractivity contribution in [3.05, 3.63) is 18.0 Å². The Labute approximate surface area is 92.0 Å². The number of nitrogens with zero attached hydrogens (tertiary/aromatic N) is 2. The van der Waals surface area contributed by atoms with E-state index in [4.69, 9.17) is 5.11 Å². The van der Waals surface area contributed by atoms with Gasteiger partial charge in [-0.15, -0.1) is 0 Å². The minimum atomic E-state index is -5.86. The molecule has 7 nitrogen and oxygen atoms in total. The standard InChI is InChI=1S/C6H3F3N2O5S/c7-6(8,9)17(14,15)16-5-10-1-3(2-11-5)4(12)13/h1-2H,(H,12,13). The Balaban J connectivity index is 2.95. The zero-order valence-electron chi connectivity index (χ0n) is 7.67. The third-order valence-corrected chi connectivity index (χ3v) is 2.28. The van der Waals surface area contributed by atoms with Crippen LogP contribution in [-0.4, -0.2) is 35.0 Å². The van der Waals surface area contributed by atoms with E-state index in [0.29, 0.717) is 12.4 Å². The second kappa shape index (κ2) is 4.16. The zero-order chi connectivity index (χ0) is 13.3. The fraction of sp³-hybridized carbons (Fsp3) is 0.167. The molecule has 0 fully saturated rings. The molecule has 0 atom stereocenters. The van der Waals surface area contributed by atoms with Crippen LogP contribution in [0.1, 0.15) is 10.4 Å². The number of carboxylic acid groups (broad SMARTS) is 1. The Morgan fingerprint density at radius 3 is 2.12 bits per heavy atom. The molecule has 1 N–H and O–H groups in total. The van der Waals surface area contributed by atoms with E-state index in [2.05, 4.69) is 14.2 Å². The summed E-state index contributed by atoms with van der Waals surface area (Å²) in [5.41, 5.74) is -6.04. The summed E-state index contributed by atoms with van der Waals surface area (Å²) in [5, 5.41) is 8.42. The maximum atomic E-state index is 11.9. The second-order valence-electron chi connectivity index (χ2n) is 2.54. The average Bonchev–Trinajstić information content (AvgIpc) is 2.16. The topological polar surface area (TPSA) is 106 Å². The summed E-state index contributed by atoms with van der Waals surface area (Å²) < 4.78 is 60.1. The first-order chi connectivity index (χ1) is 7.63. The normalized spacial score (nSPS) is 12.2. The third kappa shape index (κ3) is 3.03. The highest BCUT2D eigenvalue weighted by molar-refractivity contribution is 7.87. The molecule has 0 saturated carbocycles. The number of hydrogen-bond acceptors (Lipinski definition) is 6. The lowest BCUT2D eigenvalue weighted by molar-refractivity contribution is -0.0502. The van der Waals surface area contributed by atoms with Gasteiger partial charge in [0, 0.05) is 12.4 Å². The van der Waals surface area contributed by atoms with Crippen LogP contribution >= 0.6 is 0 Å².